The Kier molecular flexibility index (Phi) is 4.81. The van der Waals surface area contributed by atoms with E-state index in [-0.39, 0.29) is 39.7 Å². The Balaban J connectivity index is 1.94. The number of hydrogen-bond acceptors (Lipinski definition) is 3. The number of rotatable bonds is 3. The van der Waals surface area contributed by atoms with E-state index in [1.54, 1.807) is 0 Å². The fourth-order valence-corrected chi connectivity index (χ4v) is 2.90. The second-order valence-electron chi connectivity index (χ2n) is 5.93. The van der Waals surface area contributed by atoms with Gasteiger partial charge in [0.05, 0.1) is 21.7 Å². The number of nitrogens with one attached hydrogen (secondary N) is 1. The highest BCUT2D eigenvalue weighted by Crippen LogP contribution is 2.36. The van der Waals surface area contributed by atoms with Crippen molar-refractivity contribution in [3.05, 3.63) is 52.1 Å². The van der Waals surface area contributed by atoms with Gasteiger partial charge in [-0.3, -0.25) is 4.79 Å². The van der Waals surface area contributed by atoms with Crippen LogP contribution in [0.4, 0.5) is 23.2 Å². The predicted molar refractivity (Wildman–Crippen MR) is 92.0 cm³/mol. The Bertz CT molecular complexity index is 1050. The molecule has 0 fully saturated rings. The van der Waals surface area contributed by atoms with Crippen LogP contribution in [0.1, 0.15) is 17.0 Å². The second kappa shape index (κ2) is 6.80. The van der Waals surface area contributed by atoms with E-state index in [9.17, 15) is 22.4 Å². The van der Waals surface area contributed by atoms with Gasteiger partial charge >= 0.3 is 6.18 Å². The molecule has 2 heterocycles. The summed E-state index contributed by atoms with van der Waals surface area (Å²) < 4.78 is 54.2. The molecule has 0 saturated heterocycles. The zero-order valence-electron chi connectivity index (χ0n) is 14.2. The number of hydrogen-bond donors (Lipinski definition) is 1. The summed E-state index contributed by atoms with van der Waals surface area (Å²) in [4.78, 5) is 16.3. The molecule has 0 atom stereocenters. The van der Waals surface area contributed by atoms with E-state index in [2.05, 4.69) is 15.4 Å². The lowest BCUT2D eigenvalue weighted by molar-refractivity contribution is -0.136. The van der Waals surface area contributed by atoms with Crippen LogP contribution in [0, 0.1) is 19.7 Å². The smallest absolute Gasteiger partial charge is 0.324 e. The minimum Gasteiger partial charge on any atom is -0.324 e. The quantitative estimate of drug-likeness (QED) is 0.659. The lowest BCUT2D eigenvalue weighted by Gasteiger charge is -2.10. The number of nitrogens with zero attached hydrogens (tertiary/aromatic N) is 3. The first-order valence-corrected chi connectivity index (χ1v) is 8.11. The van der Waals surface area contributed by atoms with Crippen LogP contribution in [0.15, 0.2) is 24.3 Å². The van der Waals surface area contributed by atoms with Gasteiger partial charge in [0.15, 0.2) is 5.65 Å². The molecular formula is C17H13ClF4N4O. The molecular weight excluding hydrogens is 388 g/mol. The van der Waals surface area contributed by atoms with Crippen LogP contribution in [0.25, 0.3) is 11.0 Å². The van der Waals surface area contributed by atoms with Gasteiger partial charge in [-0.25, -0.2) is 14.1 Å². The van der Waals surface area contributed by atoms with Gasteiger partial charge in [-0.2, -0.15) is 18.3 Å². The van der Waals surface area contributed by atoms with E-state index in [0.29, 0.717) is 0 Å². The number of alkyl halides is 3. The molecule has 0 spiro atoms. The average molecular weight is 401 g/mol. The number of pyridine rings is 1. The number of halogens is 5. The molecule has 0 aliphatic carbocycles. The van der Waals surface area contributed by atoms with Gasteiger partial charge in [-0.05, 0) is 38.1 Å². The summed E-state index contributed by atoms with van der Waals surface area (Å²) in [6.07, 6.45) is -4.57. The molecule has 0 aliphatic heterocycles. The molecule has 1 aromatic carbocycles. The molecule has 5 nitrogen and oxygen atoms in total. The normalized spacial score (nSPS) is 11.8. The van der Waals surface area contributed by atoms with Crippen molar-refractivity contribution in [3.8, 4) is 0 Å². The van der Waals surface area contributed by atoms with Crippen LogP contribution in [-0.2, 0) is 17.5 Å². The third kappa shape index (κ3) is 3.87. The summed E-state index contributed by atoms with van der Waals surface area (Å²) in [6.45, 7) is 2.48. The number of carbonyl (C=O) groups excluding carboxylic acids is 1. The van der Waals surface area contributed by atoms with Gasteiger partial charge in [0.1, 0.15) is 12.4 Å². The van der Waals surface area contributed by atoms with Crippen molar-refractivity contribution in [2.75, 3.05) is 5.32 Å². The lowest BCUT2D eigenvalue weighted by Crippen LogP contribution is -2.20. The van der Waals surface area contributed by atoms with Crippen molar-refractivity contribution < 1.29 is 22.4 Å². The molecule has 3 aromatic rings. The summed E-state index contributed by atoms with van der Waals surface area (Å²) >= 11 is 5.66. The van der Waals surface area contributed by atoms with Crippen LogP contribution in [0.3, 0.4) is 0 Å². The molecule has 10 heteroatoms. The standard InChI is InChI=1S/C17H13ClF4N4O/c1-8-5-11(17(20,21)22)15-9(2)25-26(16(15)23-8)7-14(27)24-10-3-4-13(19)12(18)6-10/h3-6H,7H2,1-2H3,(H,24,27). The van der Waals surface area contributed by atoms with E-state index in [1.165, 1.54) is 26.0 Å². The number of anilines is 1. The number of fused-ring (bicyclic) bond motifs is 1. The van der Waals surface area contributed by atoms with Crippen LogP contribution < -0.4 is 5.32 Å². The van der Waals surface area contributed by atoms with Crippen LogP contribution in [-0.4, -0.2) is 20.7 Å². The molecule has 142 valence electrons. The van der Waals surface area contributed by atoms with E-state index in [1.807, 2.05) is 0 Å². The Labute approximate surface area is 155 Å². The van der Waals surface area contributed by atoms with Gasteiger partial charge in [0.2, 0.25) is 5.91 Å². The van der Waals surface area contributed by atoms with Crippen molar-refractivity contribution >= 4 is 34.2 Å². The maximum atomic E-state index is 13.3. The van der Waals surface area contributed by atoms with Crippen LogP contribution >= 0.6 is 11.6 Å². The number of aryl methyl sites for hydroxylation is 2. The van der Waals surface area contributed by atoms with E-state index >= 15 is 0 Å². The van der Waals surface area contributed by atoms with Gasteiger partial charge in [-0.1, -0.05) is 11.6 Å². The fourth-order valence-electron chi connectivity index (χ4n) is 2.72. The highest BCUT2D eigenvalue weighted by atomic mass is 35.5. The maximum Gasteiger partial charge on any atom is 0.417 e. The Morgan fingerprint density at radius 1 is 1.26 bits per heavy atom. The topological polar surface area (TPSA) is 59.8 Å². The first-order chi connectivity index (χ1) is 12.6. The number of aromatic nitrogens is 3. The summed E-state index contributed by atoms with van der Waals surface area (Å²) in [5, 5.41) is 6.20. The van der Waals surface area contributed by atoms with Gasteiger partial charge < -0.3 is 5.32 Å². The van der Waals surface area contributed by atoms with Crippen molar-refractivity contribution in [2.45, 2.75) is 26.6 Å². The van der Waals surface area contributed by atoms with Gasteiger partial charge in [0, 0.05) is 11.4 Å². The van der Waals surface area contributed by atoms with Crippen molar-refractivity contribution in [2.24, 2.45) is 0 Å². The SMILES string of the molecule is Cc1cc(C(F)(F)F)c2c(C)nn(CC(=O)Nc3ccc(F)c(Cl)c3)c2n1. The Morgan fingerprint density at radius 3 is 2.59 bits per heavy atom. The van der Waals surface area contributed by atoms with E-state index in [4.69, 9.17) is 11.6 Å². The predicted octanol–water partition coefficient (Wildman–Crippen LogP) is 4.50. The first kappa shape index (κ1) is 19.1. The fraction of sp³-hybridized carbons (Fsp3) is 0.235. The van der Waals surface area contributed by atoms with Crippen molar-refractivity contribution in [3.63, 3.8) is 0 Å². The first-order valence-electron chi connectivity index (χ1n) is 7.73. The highest BCUT2D eigenvalue weighted by Gasteiger charge is 2.35. The number of benzene rings is 1. The molecule has 0 unspecified atom stereocenters. The largest absolute Gasteiger partial charge is 0.417 e. The lowest BCUT2D eigenvalue weighted by atomic mass is 10.1. The zero-order chi connectivity index (χ0) is 19.9. The van der Waals surface area contributed by atoms with Crippen LogP contribution in [0.2, 0.25) is 5.02 Å². The number of carbonyl (C=O) groups is 1. The van der Waals surface area contributed by atoms with Crippen molar-refractivity contribution in [1.82, 2.24) is 14.8 Å². The van der Waals surface area contributed by atoms with Gasteiger partial charge in [0.25, 0.3) is 0 Å². The third-order valence-electron chi connectivity index (χ3n) is 3.81. The third-order valence-corrected chi connectivity index (χ3v) is 4.10. The molecule has 1 amide bonds. The molecule has 3 rings (SSSR count). The van der Waals surface area contributed by atoms with Crippen molar-refractivity contribution in [1.29, 1.82) is 0 Å². The average Bonchev–Trinajstić information content (AvgIpc) is 2.85. The summed E-state index contributed by atoms with van der Waals surface area (Å²) in [5.74, 6) is -1.21. The number of amides is 1. The van der Waals surface area contributed by atoms with Crippen LogP contribution in [0.5, 0.6) is 0 Å². The Morgan fingerprint density at radius 2 is 1.96 bits per heavy atom. The monoisotopic (exact) mass is 400 g/mol. The minimum atomic E-state index is -4.57. The maximum absolute atomic E-state index is 13.3. The van der Waals surface area contributed by atoms with Gasteiger partial charge in [-0.15, -0.1) is 0 Å². The summed E-state index contributed by atoms with van der Waals surface area (Å²) in [5.41, 5.74) is -0.365. The molecule has 0 bridgehead atoms. The molecule has 2 aromatic heterocycles. The summed E-state index contributed by atoms with van der Waals surface area (Å²) in [6, 6.07) is 4.58. The molecule has 1 N–H and O–H groups in total. The second-order valence-corrected chi connectivity index (χ2v) is 6.33. The van der Waals surface area contributed by atoms with E-state index < -0.39 is 23.5 Å². The summed E-state index contributed by atoms with van der Waals surface area (Å²) in [7, 11) is 0. The molecule has 0 aliphatic rings. The highest BCUT2D eigenvalue weighted by molar-refractivity contribution is 6.31. The molecule has 0 saturated carbocycles. The molecule has 27 heavy (non-hydrogen) atoms. The van der Waals surface area contributed by atoms with E-state index in [0.717, 1.165) is 16.8 Å². The molecule has 0 radical (unpaired) electrons. The zero-order valence-corrected chi connectivity index (χ0v) is 14.9. The minimum absolute atomic E-state index is 0.0351. The Hall–Kier alpha value is -2.68.